The molecule has 4 aromatic rings. The molecular formula is C23H20F9N6OP. The molecule has 2 aromatic carbocycles. The topological polar surface area (TPSA) is 75.7 Å². The Bertz CT molecular complexity index is 1460. The first kappa shape index (κ1) is 30.3. The van der Waals surface area contributed by atoms with Crippen LogP contribution in [0.1, 0.15) is 11.3 Å². The molecule has 0 bridgehead atoms. The van der Waals surface area contributed by atoms with Gasteiger partial charge in [-0.1, -0.05) is 23.4 Å². The zero-order chi connectivity index (χ0) is 29.8. The summed E-state index contributed by atoms with van der Waals surface area (Å²) in [4.78, 5) is 12.2. The molecule has 17 heteroatoms. The Labute approximate surface area is 220 Å². The molecule has 0 fully saturated rings. The van der Waals surface area contributed by atoms with Crippen LogP contribution < -0.4 is 15.2 Å². The molecule has 0 unspecified atom stereocenters. The molecule has 216 valence electrons. The van der Waals surface area contributed by atoms with Gasteiger partial charge in [-0.2, -0.15) is 13.2 Å². The van der Waals surface area contributed by atoms with E-state index in [2.05, 4.69) is 20.9 Å². The monoisotopic (exact) mass is 598 g/mol. The first-order chi connectivity index (χ1) is 18.2. The number of pyridine rings is 1. The number of halogens is 9. The van der Waals surface area contributed by atoms with E-state index in [1.807, 2.05) is 42.2 Å². The molecule has 0 atom stereocenters. The number of carbonyl (C=O) groups excluding carboxylic acids is 1. The van der Waals surface area contributed by atoms with Crippen LogP contribution in [-0.4, -0.2) is 21.0 Å². The van der Waals surface area contributed by atoms with Gasteiger partial charge in [-0.25, -0.2) is 14.0 Å². The standard InChI is InChI=1S/C23H19F3N6O.F6P/c1-31-13-3-2-4-20(31)14-32-15-21(29-30-32)16-5-9-18(10-6-16)27-22(33)28-19-11-7-17(8-12-19)23(24,25)26;1-7(2,3,4,5)6/h2-13,15H,14H2,1H3,(H-,27,28,33);/q;-1/p+1. The maximum absolute atomic E-state index is 12.6. The van der Waals surface area contributed by atoms with E-state index in [9.17, 15) is 43.1 Å². The molecule has 0 aliphatic carbocycles. The minimum absolute atomic E-state index is 0.251. The predicted molar refractivity (Wildman–Crippen MR) is 130 cm³/mol. The van der Waals surface area contributed by atoms with Crippen molar-refractivity contribution in [2.45, 2.75) is 12.7 Å². The molecule has 0 aliphatic rings. The van der Waals surface area contributed by atoms with Crippen LogP contribution in [0.4, 0.5) is 54.5 Å². The fourth-order valence-electron chi connectivity index (χ4n) is 3.16. The zero-order valence-electron chi connectivity index (χ0n) is 20.3. The molecule has 0 spiro atoms. The van der Waals surface area contributed by atoms with Crippen molar-refractivity contribution in [2.75, 3.05) is 10.6 Å². The summed E-state index contributed by atoms with van der Waals surface area (Å²) in [7, 11) is -8.69. The molecule has 2 aromatic heterocycles. The van der Waals surface area contributed by atoms with Crippen molar-refractivity contribution >= 4 is 25.2 Å². The number of rotatable bonds is 5. The third kappa shape index (κ3) is 10.9. The number of benzene rings is 2. The number of nitrogens with zero attached hydrogens (tertiary/aromatic N) is 4. The molecule has 0 aliphatic heterocycles. The molecule has 2 heterocycles. The maximum atomic E-state index is 12.6. The number of aryl methyl sites for hydroxylation is 1. The zero-order valence-corrected chi connectivity index (χ0v) is 21.2. The number of amides is 2. The Balaban J connectivity index is 0.000000559. The van der Waals surface area contributed by atoms with Crippen LogP contribution in [0.15, 0.2) is 79.1 Å². The summed E-state index contributed by atoms with van der Waals surface area (Å²) >= 11 is 0. The van der Waals surface area contributed by atoms with Crippen molar-refractivity contribution in [3.8, 4) is 11.3 Å². The summed E-state index contributed by atoms with van der Waals surface area (Å²) in [5.74, 6) is 0. The molecule has 0 saturated carbocycles. The summed E-state index contributed by atoms with van der Waals surface area (Å²) in [5, 5.41) is 13.5. The first-order valence-corrected chi connectivity index (χ1v) is 13.0. The molecule has 4 rings (SSSR count). The van der Waals surface area contributed by atoms with E-state index in [0.29, 0.717) is 17.9 Å². The van der Waals surface area contributed by atoms with Crippen LogP contribution >= 0.6 is 7.81 Å². The van der Waals surface area contributed by atoms with Gasteiger partial charge >= 0.3 is 45.2 Å². The average molecular weight is 598 g/mol. The molecule has 40 heavy (non-hydrogen) atoms. The van der Waals surface area contributed by atoms with Gasteiger partial charge in [0.2, 0.25) is 5.69 Å². The summed E-state index contributed by atoms with van der Waals surface area (Å²) in [6, 6.07) is 16.6. The van der Waals surface area contributed by atoms with Crippen LogP contribution in [-0.2, 0) is 19.8 Å². The third-order valence-electron chi connectivity index (χ3n) is 4.93. The number of anilines is 2. The normalized spacial score (nSPS) is 13.3. The van der Waals surface area contributed by atoms with Crippen molar-refractivity contribution in [1.82, 2.24) is 15.0 Å². The first-order valence-electron chi connectivity index (χ1n) is 11.0. The number of carbonyl (C=O) groups is 1. The quantitative estimate of drug-likeness (QED) is 0.140. The van der Waals surface area contributed by atoms with Gasteiger partial charge in [-0.05, 0) is 36.4 Å². The average Bonchev–Trinajstić information content (AvgIpc) is 3.27. The number of hydrogen-bond acceptors (Lipinski definition) is 3. The molecule has 2 N–H and O–H groups in total. The van der Waals surface area contributed by atoms with Crippen LogP contribution in [0, 0.1) is 0 Å². The van der Waals surface area contributed by atoms with Crippen LogP contribution in [0.2, 0.25) is 0 Å². The summed E-state index contributed by atoms with van der Waals surface area (Å²) in [6.45, 7) is 0.577. The minimum atomic E-state index is -10.7. The summed E-state index contributed by atoms with van der Waals surface area (Å²) < 4.78 is 101. The summed E-state index contributed by atoms with van der Waals surface area (Å²) in [6.07, 6.45) is -0.618. The van der Waals surface area contributed by atoms with Crippen molar-refractivity contribution in [3.05, 3.63) is 90.4 Å². The Morgan fingerprint density at radius 3 is 1.90 bits per heavy atom. The fourth-order valence-corrected chi connectivity index (χ4v) is 3.16. The fraction of sp³-hybridized carbons (Fsp3) is 0.130. The van der Waals surface area contributed by atoms with Gasteiger partial charge in [0.25, 0.3) is 0 Å². The van der Waals surface area contributed by atoms with Crippen molar-refractivity contribution < 1.29 is 47.7 Å². The van der Waals surface area contributed by atoms with Gasteiger partial charge in [-0.3, -0.25) is 0 Å². The molecular weight excluding hydrogens is 578 g/mol. The molecule has 0 saturated heterocycles. The Morgan fingerprint density at radius 1 is 0.875 bits per heavy atom. The number of nitrogens with one attached hydrogen (secondary N) is 2. The van der Waals surface area contributed by atoms with Gasteiger partial charge in [0.05, 0.1) is 11.8 Å². The Hall–Kier alpha value is -4.20. The van der Waals surface area contributed by atoms with Crippen LogP contribution in [0.5, 0.6) is 0 Å². The number of aromatic nitrogens is 4. The number of alkyl halides is 3. The van der Waals surface area contributed by atoms with Gasteiger partial charge in [0.15, 0.2) is 6.20 Å². The predicted octanol–water partition coefficient (Wildman–Crippen LogP) is 7.86. The Morgan fingerprint density at radius 2 is 1.40 bits per heavy atom. The number of urea groups is 1. The molecule has 7 nitrogen and oxygen atoms in total. The SMILES string of the molecule is C[n+]1ccccc1Cn1cc(-c2ccc(NC(=O)Nc3ccc(C(F)(F)F)cc3)cc2)nn1.F[P-](F)(F)(F)(F)F. The second kappa shape index (κ2) is 10.4. The molecule has 0 radical (unpaired) electrons. The van der Waals surface area contributed by atoms with Gasteiger partial charge in [0, 0.05) is 29.1 Å². The van der Waals surface area contributed by atoms with E-state index in [-0.39, 0.29) is 5.69 Å². The second-order valence-electron chi connectivity index (χ2n) is 8.29. The van der Waals surface area contributed by atoms with E-state index in [1.165, 1.54) is 12.1 Å². The van der Waals surface area contributed by atoms with E-state index in [1.54, 1.807) is 28.9 Å². The van der Waals surface area contributed by atoms with Crippen molar-refractivity contribution in [3.63, 3.8) is 0 Å². The van der Waals surface area contributed by atoms with Crippen molar-refractivity contribution in [2.24, 2.45) is 7.05 Å². The van der Waals surface area contributed by atoms with Gasteiger partial charge < -0.3 is 10.6 Å². The van der Waals surface area contributed by atoms with Crippen LogP contribution in [0.3, 0.4) is 0 Å². The van der Waals surface area contributed by atoms with E-state index < -0.39 is 25.6 Å². The van der Waals surface area contributed by atoms with Crippen molar-refractivity contribution in [1.29, 1.82) is 0 Å². The van der Waals surface area contributed by atoms with E-state index in [4.69, 9.17) is 0 Å². The van der Waals surface area contributed by atoms with Gasteiger partial charge in [-0.15, -0.1) is 5.10 Å². The number of hydrogen-bond donors (Lipinski definition) is 2. The summed E-state index contributed by atoms with van der Waals surface area (Å²) in [5.41, 5.74) is 2.58. The van der Waals surface area contributed by atoms with Gasteiger partial charge in [0.1, 0.15) is 19.3 Å². The van der Waals surface area contributed by atoms with E-state index >= 15 is 0 Å². The second-order valence-corrected chi connectivity index (χ2v) is 10.2. The Kier molecular flexibility index (Phi) is 7.90. The third-order valence-corrected chi connectivity index (χ3v) is 4.93. The van der Waals surface area contributed by atoms with E-state index in [0.717, 1.165) is 23.4 Å². The molecule has 2 amide bonds. The van der Waals surface area contributed by atoms with Crippen LogP contribution in [0.25, 0.3) is 11.3 Å².